The molecule has 2 N–H and O–H groups in total. The van der Waals surface area contributed by atoms with Crippen LogP contribution in [0, 0.1) is 6.92 Å². The molecule has 132 valence electrons. The van der Waals surface area contributed by atoms with Gasteiger partial charge in [-0.25, -0.2) is 13.1 Å². The van der Waals surface area contributed by atoms with E-state index in [2.05, 4.69) is 20.0 Å². The predicted molar refractivity (Wildman–Crippen MR) is 92.7 cm³/mol. The average Bonchev–Trinajstić information content (AvgIpc) is 3.25. The fourth-order valence-corrected chi connectivity index (χ4v) is 4.16. The molecule has 0 spiro atoms. The van der Waals surface area contributed by atoms with Crippen LogP contribution in [0.4, 0.5) is 5.69 Å². The summed E-state index contributed by atoms with van der Waals surface area (Å²) in [5.74, 6) is 0. The number of H-pyrrole nitrogens is 1. The number of hydrogen-bond acceptors (Lipinski definition) is 5. The Hall–Kier alpha value is -2.39. The summed E-state index contributed by atoms with van der Waals surface area (Å²) in [6.07, 6.45) is 5.57. The zero-order chi connectivity index (χ0) is 17.4. The Balaban J connectivity index is 1.77. The first kappa shape index (κ1) is 16.1. The number of hydrogen-bond donors (Lipinski definition) is 2. The van der Waals surface area contributed by atoms with Gasteiger partial charge in [0.2, 0.25) is 0 Å². The van der Waals surface area contributed by atoms with Gasteiger partial charge in [-0.05, 0) is 38.3 Å². The normalized spacial score (nSPS) is 18.5. The smallest absolute Gasteiger partial charge is 0.265 e. The Morgan fingerprint density at radius 3 is 2.96 bits per heavy atom. The molecule has 3 aromatic rings. The molecule has 0 amide bonds. The number of nitrogens with one attached hydrogen (secondary N) is 2. The van der Waals surface area contributed by atoms with Gasteiger partial charge in [-0.2, -0.15) is 10.2 Å². The fraction of sp³-hybridized carbons (Fsp3) is 0.375. The largest absolute Gasteiger partial charge is 0.356 e. The number of nitrogens with zero attached hydrogens (tertiary/aromatic N) is 3. The van der Waals surface area contributed by atoms with Gasteiger partial charge in [0.1, 0.15) is 4.90 Å². The molecular weight excluding hydrogens is 342 g/mol. The molecule has 4 rings (SSSR count). The highest BCUT2D eigenvalue weighted by molar-refractivity contribution is 7.92. The standard InChI is InChI=1S/C16H19N5O3S/c1-11-16-13(20-25(22,23)12-9-17-18-10-12)5-4-6-14(16)21(19-11)15-7-2-3-8-24-15/h4-6,9-10,15,20H,2-3,7-8H2,1H3,(H,17,18). The van der Waals surface area contributed by atoms with E-state index in [-0.39, 0.29) is 11.1 Å². The molecule has 0 aliphatic carbocycles. The monoisotopic (exact) mass is 361 g/mol. The van der Waals surface area contributed by atoms with E-state index >= 15 is 0 Å². The maximum absolute atomic E-state index is 12.5. The molecule has 8 nitrogen and oxygen atoms in total. The van der Waals surface area contributed by atoms with Crippen molar-refractivity contribution in [2.75, 3.05) is 11.3 Å². The molecule has 2 aromatic heterocycles. The maximum Gasteiger partial charge on any atom is 0.265 e. The highest BCUT2D eigenvalue weighted by atomic mass is 32.2. The number of aryl methyl sites for hydroxylation is 1. The van der Waals surface area contributed by atoms with Gasteiger partial charge in [0, 0.05) is 18.2 Å². The van der Waals surface area contributed by atoms with Crippen molar-refractivity contribution in [3.63, 3.8) is 0 Å². The summed E-state index contributed by atoms with van der Waals surface area (Å²) in [7, 11) is -3.71. The van der Waals surface area contributed by atoms with E-state index in [1.165, 1.54) is 12.4 Å². The van der Waals surface area contributed by atoms with Gasteiger partial charge in [-0.3, -0.25) is 9.82 Å². The number of ether oxygens (including phenoxy) is 1. The van der Waals surface area contributed by atoms with Gasteiger partial charge < -0.3 is 4.74 Å². The van der Waals surface area contributed by atoms with Crippen LogP contribution in [0.2, 0.25) is 0 Å². The van der Waals surface area contributed by atoms with Crippen LogP contribution in [0.5, 0.6) is 0 Å². The minimum absolute atomic E-state index is 0.0881. The highest BCUT2D eigenvalue weighted by Crippen LogP contribution is 2.32. The zero-order valence-corrected chi connectivity index (χ0v) is 14.6. The number of fused-ring (bicyclic) bond motifs is 1. The quantitative estimate of drug-likeness (QED) is 0.743. The van der Waals surface area contributed by atoms with Crippen molar-refractivity contribution in [1.29, 1.82) is 0 Å². The lowest BCUT2D eigenvalue weighted by atomic mass is 10.1. The number of sulfonamides is 1. The molecule has 1 saturated heterocycles. The first-order valence-electron chi connectivity index (χ1n) is 8.17. The lowest BCUT2D eigenvalue weighted by molar-refractivity contribution is -0.0368. The molecule has 0 bridgehead atoms. The highest BCUT2D eigenvalue weighted by Gasteiger charge is 2.23. The third kappa shape index (κ3) is 2.89. The van der Waals surface area contributed by atoms with Gasteiger partial charge in [0.05, 0.1) is 23.1 Å². The van der Waals surface area contributed by atoms with E-state index in [1.54, 1.807) is 6.07 Å². The van der Waals surface area contributed by atoms with E-state index in [9.17, 15) is 8.42 Å². The van der Waals surface area contributed by atoms with E-state index in [0.717, 1.165) is 42.5 Å². The van der Waals surface area contributed by atoms with Crippen LogP contribution in [0.3, 0.4) is 0 Å². The Bertz CT molecular complexity index is 988. The molecule has 1 fully saturated rings. The summed E-state index contributed by atoms with van der Waals surface area (Å²) in [4.78, 5) is 0.0881. The number of aromatic amines is 1. The molecule has 0 saturated carbocycles. The van der Waals surface area contributed by atoms with Gasteiger partial charge in [-0.1, -0.05) is 6.07 Å². The molecule has 1 aromatic carbocycles. The van der Waals surface area contributed by atoms with E-state index in [4.69, 9.17) is 4.74 Å². The molecule has 1 aliphatic rings. The van der Waals surface area contributed by atoms with Crippen LogP contribution in [0.15, 0.2) is 35.5 Å². The van der Waals surface area contributed by atoms with Crippen LogP contribution in [0.25, 0.3) is 10.9 Å². The first-order chi connectivity index (χ1) is 12.1. The van der Waals surface area contributed by atoms with Crippen molar-refractivity contribution < 1.29 is 13.2 Å². The van der Waals surface area contributed by atoms with Crippen molar-refractivity contribution in [2.45, 2.75) is 37.3 Å². The summed E-state index contributed by atoms with van der Waals surface area (Å²) in [5.41, 5.74) is 2.12. The second kappa shape index (κ2) is 6.16. The average molecular weight is 361 g/mol. The van der Waals surface area contributed by atoms with E-state index in [0.29, 0.717) is 5.69 Å². The molecule has 9 heteroatoms. The molecule has 1 aliphatic heterocycles. The van der Waals surface area contributed by atoms with Crippen molar-refractivity contribution in [1.82, 2.24) is 20.0 Å². The summed E-state index contributed by atoms with van der Waals surface area (Å²) in [5, 5.41) is 11.6. The van der Waals surface area contributed by atoms with Gasteiger partial charge in [0.25, 0.3) is 10.0 Å². The summed E-state index contributed by atoms with van der Waals surface area (Å²) in [6.45, 7) is 2.59. The number of anilines is 1. The SMILES string of the molecule is Cc1nn(C2CCCCO2)c2cccc(NS(=O)(=O)c3cn[nH]c3)c12. The van der Waals surface area contributed by atoms with Gasteiger partial charge in [-0.15, -0.1) is 0 Å². The maximum atomic E-state index is 12.5. The van der Waals surface area contributed by atoms with Gasteiger partial charge in [0.15, 0.2) is 6.23 Å². The minimum Gasteiger partial charge on any atom is -0.356 e. The van der Waals surface area contributed by atoms with Crippen LogP contribution in [-0.4, -0.2) is 35.0 Å². The van der Waals surface area contributed by atoms with Crippen LogP contribution in [0.1, 0.15) is 31.2 Å². The van der Waals surface area contributed by atoms with Crippen molar-refractivity contribution in [2.24, 2.45) is 0 Å². The first-order valence-corrected chi connectivity index (χ1v) is 9.65. The zero-order valence-electron chi connectivity index (χ0n) is 13.8. The van der Waals surface area contributed by atoms with Gasteiger partial charge >= 0.3 is 0 Å². The Kier molecular flexibility index (Phi) is 3.97. The second-order valence-electron chi connectivity index (χ2n) is 6.09. The lowest BCUT2D eigenvalue weighted by Crippen LogP contribution is -2.19. The van der Waals surface area contributed by atoms with Crippen LogP contribution >= 0.6 is 0 Å². The summed E-state index contributed by atoms with van der Waals surface area (Å²) in [6, 6.07) is 5.49. The van der Waals surface area contributed by atoms with Crippen molar-refractivity contribution in [3.8, 4) is 0 Å². The Labute approximate surface area is 145 Å². The second-order valence-corrected chi connectivity index (χ2v) is 7.77. The minimum atomic E-state index is -3.71. The van der Waals surface area contributed by atoms with E-state index < -0.39 is 10.0 Å². The molecule has 3 heterocycles. The molecular formula is C16H19N5O3S. The Morgan fingerprint density at radius 1 is 1.36 bits per heavy atom. The predicted octanol–water partition coefficient (Wildman–Crippen LogP) is 2.57. The number of benzene rings is 1. The molecule has 25 heavy (non-hydrogen) atoms. The molecule has 1 atom stereocenters. The van der Waals surface area contributed by atoms with E-state index in [1.807, 2.05) is 23.7 Å². The number of aromatic nitrogens is 4. The molecule has 1 unspecified atom stereocenters. The van der Waals surface area contributed by atoms with Crippen molar-refractivity contribution in [3.05, 3.63) is 36.3 Å². The topological polar surface area (TPSA) is 102 Å². The number of rotatable bonds is 4. The third-order valence-electron chi connectivity index (χ3n) is 4.37. The summed E-state index contributed by atoms with van der Waals surface area (Å²) < 4.78 is 35.3. The lowest BCUT2D eigenvalue weighted by Gasteiger charge is -2.23. The third-order valence-corrected chi connectivity index (χ3v) is 5.70. The Morgan fingerprint density at radius 2 is 2.24 bits per heavy atom. The summed E-state index contributed by atoms with van der Waals surface area (Å²) >= 11 is 0. The fourth-order valence-electron chi connectivity index (χ4n) is 3.19. The molecule has 0 radical (unpaired) electrons. The van der Waals surface area contributed by atoms with Crippen LogP contribution in [-0.2, 0) is 14.8 Å². The van der Waals surface area contributed by atoms with Crippen molar-refractivity contribution >= 4 is 26.6 Å². The van der Waals surface area contributed by atoms with Crippen LogP contribution < -0.4 is 4.72 Å².